The molecule has 1 amide bonds. The molecule has 0 radical (unpaired) electrons. The van der Waals surface area contributed by atoms with Crippen molar-refractivity contribution in [2.24, 2.45) is 5.73 Å². The lowest BCUT2D eigenvalue weighted by Crippen LogP contribution is -2.12. The minimum Gasteiger partial charge on any atom is -0.326 e. The predicted molar refractivity (Wildman–Crippen MR) is 105 cm³/mol. The molecule has 0 atom stereocenters. The maximum absolute atomic E-state index is 12.5. The van der Waals surface area contributed by atoms with Gasteiger partial charge in [0.1, 0.15) is 0 Å². The predicted octanol–water partition coefficient (Wildman–Crippen LogP) is 3.53. The highest BCUT2D eigenvalue weighted by molar-refractivity contribution is 7.97. The number of aromatic nitrogens is 1. The topological polar surface area (TPSA) is 85.1 Å². The fraction of sp³-hybridized carbons (Fsp3) is 0.0500. The van der Waals surface area contributed by atoms with Gasteiger partial charge in [-0.05, 0) is 53.1 Å². The second-order valence-electron chi connectivity index (χ2n) is 5.65. The molecule has 0 aliphatic carbocycles. The second kappa shape index (κ2) is 7.95. The Hall–Kier alpha value is -2.96. The van der Waals surface area contributed by atoms with Gasteiger partial charge in [0, 0.05) is 35.8 Å². The number of anilines is 1. The minimum atomic E-state index is -0.291. The summed E-state index contributed by atoms with van der Waals surface area (Å²) in [6, 6.07) is 15.9. The van der Waals surface area contributed by atoms with Crippen molar-refractivity contribution in [3.05, 3.63) is 83.7 Å². The molecule has 0 bridgehead atoms. The van der Waals surface area contributed by atoms with E-state index in [4.69, 9.17) is 5.73 Å². The van der Waals surface area contributed by atoms with Gasteiger partial charge in [-0.25, -0.2) is 0 Å². The van der Waals surface area contributed by atoms with E-state index in [-0.39, 0.29) is 11.0 Å². The summed E-state index contributed by atoms with van der Waals surface area (Å²) >= 11 is 3.82. The Balaban J connectivity index is 1.93. The molecule has 5 nitrogen and oxygen atoms in total. The fourth-order valence-electron chi connectivity index (χ4n) is 2.60. The summed E-state index contributed by atoms with van der Waals surface area (Å²) in [6.45, 7) is 0.342. The van der Waals surface area contributed by atoms with Gasteiger partial charge in [0.05, 0.1) is 0 Å². The first kappa shape index (κ1) is 17.8. The molecule has 3 rings (SSSR count). The van der Waals surface area contributed by atoms with Crippen LogP contribution in [0.25, 0.3) is 11.1 Å². The number of carbonyl (C=O) groups excluding carboxylic acids is 2. The fourth-order valence-corrected chi connectivity index (χ4v) is 2.74. The van der Waals surface area contributed by atoms with Crippen LogP contribution in [0.2, 0.25) is 0 Å². The van der Waals surface area contributed by atoms with E-state index in [1.165, 1.54) is 0 Å². The van der Waals surface area contributed by atoms with Crippen LogP contribution in [0.3, 0.4) is 0 Å². The summed E-state index contributed by atoms with van der Waals surface area (Å²) in [5.41, 5.74) is 10.2. The van der Waals surface area contributed by atoms with Gasteiger partial charge in [-0.3, -0.25) is 14.6 Å². The molecule has 1 heterocycles. The summed E-state index contributed by atoms with van der Waals surface area (Å²) in [5.74, 6) is -0.219. The average molecular weight is 363 g/mol. The summed E-state index contributed by atoms with van der Waals surface area (Å²) in [7, 11) is 0. The van der Waals surface area contributed by atoms with Crippen LogP contribution in [-0.2, 0) is 6.54 Å². The van der Waals surface area contributed by atoms with Crippen LogP contribution in [0.1, 0.15) is 26.3 Å². The Morgan fingerprint density at radius 1 is 0.962 bits per heavy atom. The Morgan fingerprint density at radius 2 is 1.62 bits per heavy atom. The third kappa shape index (κ3) is 3.99. The number of pyridine rings is 1. The molecule has 1 aromatic heterocycles. The molecular formula is C20H17N3O2S. The van der Waals surface area contributed by atoms with Gasteiger partial charge in [0.2, 0.25) is 5.12 Å². The standard InChI is InChI=1S/C20H17N3O2S/c21-12-16-6-5-15(19(24)23-17-7-9-22-10-8-17)11-18(16)13-1-3-14(4-2-13)20(25)26/h1-11H,12,21H2,(H,25,26)(H,22,23,24). The zero-order valence-corrected chi connectivity index (χ0v) is 14.7. The van der Waals surface area contributed by atoms with E-state index >= 15 is 0 Å². The number of hydrogen-bond donors (Lipinski definition) is 3. The number of carbonyl (C=O) groups is 2. The van der Waals surface area contributed by atoms with Gasteiger partial charge < -0.3 is 11.1 Å². The molecule has 0 fully saturated rings. The normalized spacial score (nSPS) is 10.4. The Labute approximate surface area is 156 Å². The molecule has 2 aromatic carbocycles. The van der Waals surface area contributed by atoms with Crippen molar-refractivity contribution in [2.75, 3.05) is 5.32 Å². The van der Waals surface area contributed by atoms with Gasteiger partial charge in [-0.15, -0.1) is 12.6 Å². The number of nitrogens with one attached hydrogen (secondary N) is 1. The van der Waals surface area contributed by atoms with Crippen LogP contribution in [0.15, 0.2) is 67.0 Å². The largest absolute Gasteiger partial charge is 0.326 e. The van der Waals surface area contributed by atoms with E-state index in [0.29, 0.717) is 23.4 Å². The van der Waals surface area contributed by atoms with E-state index < -0.39 is 0 Å². The first-order valence-electron chi connectivity index (χ1n) is 7.96. The molecule has 3 N–H and O–H groups in total. The van der Waals surface area contributed by atoms with Crippen molar-refractivity contribution in [1.82, 2.24) is 4.98 Å². The summed E-state index contributed by atoms with van der Waals surface area (Å²) in [4.78, 5) is 27.8. The van der Waals surface area contributed by atoms with E-state index in [1.54, 1.807) is 48.8 Å². The average Bonchev–Trinajstić information content (AvgIpc) is 2.68. The van der Waals surface area contributed by atoms with Crippen LogP contribution in [0, 0.1) is 0 Å². The van der Waals surface area contributed by atoms with Crippen LogP contribution >= 0.6 is 12.6 Å². The molecule has 26 heavy (non-hydrogen) atoms. The number of amides is 1. The maximum Gasteiger partial charge on any atom is 0.255 e. The van der Waals surface area contributed by atoms with Gasteiger partial charge >= 0.3 is 0 Å². The third-order valence-electron chi connectivity index (χ3n) is 3.97. The molecule has 0 saturated carbocycles. The van der Waals surface area contributed by atoms with E-state index in [2.05, 4.69) is 22.9 Å². The molecule has 0 aliphatic heterocycles. The van der Waals surface area contributed by atoms with Gasteiger partial charge in [0.25, 0.3) is 5.91 Å². The van der Waals surface area contributed by atoms with Crippen LogP contribution in [0.4, 0.5) is 5.69 Å². The third-order valence-corrected chi connectivity index (χ3v) is 4.23. The van der Waals surface area contributed by atoms with Crippen LogP contribution in [0.5, 0.6) is 0 Å². The summed E-state index contributed by atoms with van der Waals surface area (Å²) < 4.78 is 0. The van der Waals surface area contributed by atoms with Crippen molar-refractivity contribution < 1.29 is 9.59 Å². The van der Waals surface area contributed by atoms with Gasteiger partial charge in [0.15, 0.2) is 0 Å². The Kier molecular flexibility index (Phi) is 5.46. The van der Waals surface area contributed by atoms with Crippen LogP contribution < -0.4 is 11.1 Å². The lowest BCUT2D eigenvalue weighted by molar-refractivity contribution is 0.102. The van der Waals surface area contributed by atoms with Crippen molar-refractivity contribution in [3.63, 3.8) is 0 Å². The molecule has 130 valence electrons. The summed E-state index contributed by atoms with van der Waals surface area (Å²) in [5, 5.41) is 2.54. The second-order valence-corrected chi connectivity index (χ2v) is 6.05. The zero-order valence-electron chi connectivity index (χ0n) is 13.8. The minimum absolute atomic E-state index is 0.219. The van der Waals surface area contributed by atoms with Gasteiger partial charge in [-0.2, -0.15) is 0 Å². The van der Waals surface area contributed by atoms with Crippen molar-refractivity contribution in [1.29, 1.82) is 0 Å². The highest BCUT2D eigenvalue weighted by Crippen LogP contribution is 2.26. The number of rotatable bonds is 5. The van der Waals surface area contributed by atoms with Crippen molar-refractivity contribution in [3.8, 4) is 11.1 Å². The molecule has 0 aliphatic rings. The maximum atomic E-state index is 12.5. The molecule has 0 saturated heterocycles. The lowest BCUT2D eigenvalue weighted by atomic mass is 9.96. The van der Waals surface area contributed by atoms with E-state index in [9.17, 15) is 9.59 Å². The van der Waals surface area contributed by atoms with E-state index in [0.717, 1.165) is 16.7 Å². The molecule has 6 heteroatoms. The molecule has 0 spiro atoms. The molecule has 0 unspecified atom stereocenters. The highest BCUT2D eigenvalue weighted by Gasteiger charge is 2.12. The number of benzene rings is 2. The SMILES string of the molecule is NCc1ccc(C(=O)Nc2ccncc2)cc1-c1ccc(C(=O)S)cc1. The zero-order chi connectivity index (χ0) is 18.5. The summed E-state index contributed by atoms with van der Waals surface area (Å²) in [6.07, 6.45) is 3.23. The lowest BCUT2D eigenvalue weighted by Gasteiger charge is -2.12. The number of thiol groups is 1. The smallest absolute Gasteiger partial charge is 0.255 e. The van der Waals surface area contributed by atoms with Crippen molar-refractivity contribution >= 4 is 29.3 Å². The monoisotopic (exact) mass is 363 g/mol. The van der Waals surface area contributed by atoms with Crippen molar-refractivity contribution in [2.45, 2.75) is 6.54 Å². The number of hydrogen-bond acceptors (Lipinski definition) is 4. The number of nitrogens with two attached hydrogens (primary N) is 1. The van der Waals surface area contributed by atoms with E-state index in [1.807, 2.05) is 18.2 Å². The highest BCUT2D eigenvalue weighted by atomic mass is 32.1. The molecular weight excluding hydrogens is 346 g/mol. The van der Waals surface area contributed by atoms with Crippen LogP contribution in [-0.4, -0.2) is 16.0 Å². The Bertz CT molecular complexity index is 941. The molecule has 3 aromatic rings. The number of nitrogens with zero attached hydrogens (tertiary/aromatic N) is 1. The van der Waals surface area contributed by atoms with Gasteiger partial charge in [-0.1, -0.05) is 18.2 Å². The Morgan fingerprint density at radius 3 is 2.23 bits per heavy atom. The first-order valence-corrected chi connectivity index (χ1v) is 8.41. The first-order chi connectivity index (χ1) is 12.6. The quantitative estimate of drug-likeness (QED) is 0.606.